The number of carbonyl (C=O) groups is 1. The third-order valence-electron chi connectivity index (χ3n) is 3.85. The molecule has 0 spiro atoms. The third-order valence-corrected chi connectivity index (χ3v) is 3.85. The average Bonchev–Trinajstić information content (AvgIpc) is 2.59. The van der Waals surface area contributed by atoms with E-state index in [1.165, 1.54) is 5.56 Å². The SMILES string of the molecule is CCC(C)NC(=O)c1cc(NCCCc2ccccc2)nc(C)n1. The number of hydrogen-bond acceptors (Lipinski definition) is 4. The molecule has 1 aromatic heterocycles. The Morgan fingerprint density at radius 2 is 1.96 bits per heavy atom. The van der Waals surface area contributed by atoms with E-state index in [1.54, 1.807) is 13.0 Å². The molecule has 0 aliphatic heterocycles. The van der Waals surface area contributed by atoms with E-state index in [-0.39, 0.29) is 11.9 Å². The van der Waals surface area contributed by atoms with E-state index >= 15 is 0 Å². The first-order chi connectivity index (χ1) is 11.6. The molecule has 0 aliphatic rings. The summed E-state index contributed by atoms with van der Waals surface area (Å²) in [5.74, 6) is 1.14. The standard InChI is InChI=1S/C19H26N4O/c1-4-14(2)21-19(24)17-13-18(23-15(3)22-17)20-12-8-11-16-9-6-5-7-10-16/h5-7,9-10,13-14H,4,8,11-12H2,1-3H3,(H,21,24)(H,20,22,23). The summed E-state index contributed by atoms with van der Waals surface area (Å²) < 4.78 is 0. The van der Waals surface area contributed by atoms with Crippen molar-refractivity contribution in [3.8, 4) is 0 Å². The normalized spacial score (nSPS) is 11.8. The maximum Gasteiger partial charge on any atom is 0.270 e. The summed E-state index contributed by atoms with van der Waals surface area (Å²) in [6, 6.07) is 12.2. The molecule has 128 valence electrons. The van der Waals surface area contributed by atoms with Gasteiger partial charge in [-0.1, -0.05) is 37.3 Å². The Bertz CT molecular complexity index is 658. The van der Waals surface area contributed by atoms with Crippen LogP contribution >= 0.6 is 0 Å². The molecule has 0 aliphatic carbocycles. The van der Waals surface area contributed by atoms with Crippen molar-refractivity contribution in [2.45, 2.75) is 46.1 Å². The zero-order chi connectivity index (χ0) is 17.4. The molecule has 5 heteroatoms. The zero-order valence-corrected chi connectivity index (χ0v) is 14.7. The first kappa shape index (κ1) is 17.9. The summed E-state index contributed by atoms with van der Waals surface area (Å²) in [4.78, 5) is 20.8. The molecule has 1 heterocycles. The monoisotopic (exact) mass is 326 g/mol. The van der Waals surface area contributed by atoms with Crippen LogP contribution in [0.3, 0.4) is 0 Å². The van der Waals surface area contributed by atoms with Crippen LogP contribution in [0.25, 0.3) is 0 Å². The van der Waals surface area contributed by atoms with Gasteiger partial charge in [-0.2, -0.15) is 0 Å². The quantitative estimate of drug-likeness (QED) is 0.730. The molecule has 2 N–H and O–H groups in total. The van der Waals surface area contributed by atoms with E-state index in [0.29, 0.717) is 17.3 Å². The highest BCUT2D eigenvalue weighted by atomic mass is 16.1. The van der Waals surface area contributed by atoms with Crippen LogP contribution in [-0.4, -0.2) is 28.5 Å². The van der Waals surface area contributed by atoms with Gasteiger partial charge in [0, 0.05) is 18.7 Å². The highest BCUT2D eigenvalue weighted by Crippen LogP contribution is 2.08. The number of aromatic nitrogens is 2. The van der Waals surface area contributed by atoms with Gasteiger partial charge in [0.25, 0.3) is 5.91 Å². The third kappa shape index (κ3) is 5.65. The lowest BCUT2D eigenvalue weighted by atomic mass is 10.1. The van der Waals surface area contributed by atoms with Crippen LogP contribution in [0.5, 0.6) is 0 Å². The van der Waals surface area contributed by atoms with Crippen LogP contribution in [0, 0.1) is 6.92 Å². The number of amides is 1. The van der Waals surface area contributed by atoms with Crippen molar-refractivity contribution in [3.63, 3.8) is 0 Å². The van der Waals surface area contributed by atoms with E-state index < -0.39 is 0 Å². The summed E-state index contributed by atoms with van der Waals surface area (Å²) in [6.07, 6.45) is 2.90. The molecule has 5 nitrogen and oxygen atoms in total. The van der Waals surface area contributed by atoms with Crippen LogP contribution in [0.4, 0.5) is 5.82 Å². The van der Waals surface area contributed by atoms with Crippen molar-refractivity contribution in [1.82, 2.24) is 15.3 Å². The minimum Gasteiger partial charge on any atom is -0.370 e. The highest BCUT2D eigenvalue weighted by Gasteiger charge is 2.12. The van der Waals surface area contributed by atoms with Crippen molar-refractivity contribution in [2.75, 3.05) is 11.9 Å². The Morgan fingerprint density at radius 1 is 1.21 bits per heavy atom. The molecule has 0 saturated heterocycles. The molecule has 0 bridgehead atoms. The van der Waals surface area contributed by atoms with Gasteiger partial charge in [-0.15, -0.1) is 0 Å². The number of aryl methyl sites for hydroxylation is 2. The van der Waals surface area contributed by atoms with Gasteiger partial charge in [-0.05, 0) is 38.7 Å². The fourth-order valence-electron chi connectivity index (χ4n) is 2.33. The van der Waals surface area contributed by atoms with Crippen LogP contribution in [-0.2, 0) is 6.42 Å². The predicted molar refractivity (Wildman–Crippen MR) is 97.2 cm³/mol. The van der Waals surface area contributed by atoms with E-state index in [4.69, 9.17) is 0 Å². The highest BCUT2D eigenvalue weighted by molar-refractivity contribution is 5.93. The number of rotatable bonds is 8. The van der Waals surface area contributed by atoms with E-state index in [0.717, 1.165) is 25.8 Å². The molecule has 1 unspecified atom stereocenters. The van der Waals surface area contributed by atoms with Crippen molar-refractivity contribution in [2.24, 2.45) is 0 Å². The topological polar surface area (TPSA) is 66.9 Å². The molecule has 1 aromatic carbocycles. The lowest BCUT2D eigenvalue weighted by Gasteiger charge is -2.12. The largest absolute Gasteiger partial charge is 0.370 e. The molecule has 0 radical (unpaired) electrons. The second kappa shape index (κ2) is 9.01. The van der Waals surface area contributed by atoms with E-state index in [9.17, 15) is 4.79 Å². The average molecular weight is 326 g/mol. The van der Waals surface area contributed by atoms with Gasteiger partial charge < -0.3 is 10.6 Å². The van der Waals surface area contributed by atoms with E-state index in [1.807, 2.05) is 19.9 Å². The summed E-state index contributed by atoms with van der Waals surface area (Å²) in [5.41, 5.74) is 1.74. The molecule has 0 saturated carbocycles. The molecular weight excluding hydrogens is 300 g/mol. The lowest BCUT2D eigenvalue weighted by molar-refractivity contribution is 0.0934. The Morgan fingerprint density at radius 3 is 2.67 bits per heavy atom. The van der Waals surface area contributed by atoms with Crippen molar-refractivity contribution < 1.29 is 4.79 Å². The molecular formula is C19H26N4O. The maximum absolute atomic E-state index is 12.2. The van der Waals surface area contributed by atoms with Crippen LogP contribution in [0.1, 0.15) is 48.6 Å². The zero-order valence-electron chi connectivity index (χ0n) is 14.7. The van der Waals surface area contributed by atoms with Crippen molar-refractivity contribution in [3.05, 3.63) is 53.5 Å². The first-order valence-corrected chi connectivity index (χ1v) is 8.53. The van der Waals surface area contributed by atoms with Gasteiger partial charge in [0.1, 0.15) is 17.3 Å². The van der Waals surface area contributed by atoms with Crippen LogP contribution < -0.4 is 10.6 Å². The Labute approximate surface area is 143 Å². The molecule has 0 fully saturated rings. The van der Waals surface area contributed by atoms with Gasteiger partial charge in [-0.3, -0.25) is 4.79 Å². The fourth-order valence-corrected chi connectivity index (χ4v) is 2.33. The van der Waals surface area contributed by atoms with Gasteiger partial charge in [0.15, 0.2) is 0 Å². The summed E-state index contributed by atoms with van der Waals surface area (Å²) in [6.45, 7) is 6.62. The van der Waals surface area contributed by atoms with Gasteiger partial charge in [0.2, 0.25) is 0 Å². The molecule has 24 heavy (non-hydrogen) atoms. The van der Waals surface area contributed by atoms with Gasteiger partial charge >= 0.3 is 0 Å². The summed E-state index contributed by atoms with van der Waals surface area (Å²) >= 11 is 0. The predicted octanol–water partition coefficient (Wildman–Crippen LogP) is 3.36. The minimum atomic E-state index is -0.151. The molecule has 2 rings (SSSR count). The lowest BCUT2D eigenvalue weighted by Crippen LogP contribution is -2.32. The smallest absolute Gasteiger partial charge is 0.270 e. The fraction of sp³-hybridized carbons (Fsp3) is 0.421. The summed E-state index contributed by atoms with van der Waals surface area (Å²) in [7, 11) is 0. The number of nitrogens with zero attached hydrogens (tertiary/aromatic N) is 2. The molecule has 1 amide bonds. The molecule has 1 atom stereocenters. The number of hydrogen-bond donors (Lipinski definition) is 2. The first-order valence-electron chi connectivity index (χ1n) is 8.53. The Hall–Kier alpha value is -2.43. The van der Waals surface area contributed by atoms with Crippen LogP contribution in [0.15, 0.2) is 36.4 Å². The van der Waals surface area contributed by atoms with E-state index in [2.05, 4.69) is 44.9 Å². The minimum absolute atomic E-state index is 0.134. The summed E-state index contributed by atoms with van der Waals surface area (Å²) in [5, 5.41) is 6.22. The van der Waals surface area contributed by atoms with Gasteiger partial charge in [-0.25, -0.2) is 9.97 Å². The number of nitrogens with one attached hydrogen (secondary N) is 2. The Kier molecular flexibility index (Phi) is 6.73. The number of anilines is 1. The second-order valence-electron chi connectivity index (χ2n) is 5.98. The van der Waals surface area contributed by atoms with Crippen molar-refractivity contribution >= 4 is 11.7 Å². The van der Waals surface area contributed by atoms with Gasteiger partial charge in [0.05, 0.1) is 0 Å². The molecule has 2 aromatic rings. The number of carbonyl (C=O) groups excluding carboxylic acids is 1. The number of benzene rings is 1. The Balaban J connectivity index is 1.89. The van der Waals surface area contributed by atoms with Crippen LogP contribution in [0.2, 0.25) is 0 Å². The second-order valence-corrected chi connectivity index (χ2v) is 5.98. The van der Waals surface area contributed by atoms with Crippen molar-refractivity contribution in [1.29, 1.82) is 0 Å². The maximum atomic E-state index is 12.2.